The first kappa shape index (κ1) is 14.7. The molecule has 8 heteroatoms. The van der Waals surface area contributed by atoms with Gasteiger partial charge in [0.05, 0.1) is 31.0 Å². The van der Waals surface area contributed by atoms with E-state index in [1.165, 1.54) is 0 Å². The fourth-order valence-electron chi connectivity index (χ4n) is 1.66. The molecule has 2 rings (SSSR count). The first-order chi connectivity index (χ1) is 9.76. The Morgan fingerprint density at radius 1 is 1.35 bits per heavy atom. The number of tetrazole rings is 1. The minimum Gasteiger partial charge on any atom is -0.497 e. The van der Waals surface area contributed by atoms with Gasteiger partial charge in [0, 0.05) is 19.7 Å². The SMILES string of the molecule is COCCNCc1nnnn1-c1cc(OC)ccc1Cl. The Labute approximate surface area is 121 Å². The first-order valence-corrected chi connectivity index (χ1v) is 6.45. The molecule has 0 bridgehead atoms. The van der Waals surface area contributed by atoms with Crippen molar-refractivity contribution in [3.8, 4) is 11.4 Å². The standard InChI is InChI=1S/C12H16ClN5O2/c1-19-6-5-14-8-12-15-16-17-18(12)11-7-9(20-2)3-4-10(11)13/h3-4,7,14H,5-6,8H2,1-2H3. The van der Waals surface area contributed by atoms with Gasteiger partial charge >= 0.3 is 0 Å². The van der Waals surface area contributed by atoms with E-state index < -0.39 is 0 Å². The molecule has 0 atom stereocenters. The van der Waals surface area contributed by atoms with E-state index in [0.717, 1.165) is 6.54 Å². The van der Waals surface area contributed by atoms with Crippen molar-refractivity contribution < 1.29 is 9.47 Å². The predicted octanol–water partition coefficient (Wildman–Crippen LogP) is 1.06. The summed E-state index contributed by atoms with van der Waals surface area (Å²) in [5, 5.41) is 15.4. The Hall–Kier alpha value is -1.70. The zero-order chi connectivity index (χ0) is 14.4. The van der Waals surface area contributed by atoms with E-state index in [4.69, 9.17) is 21.1 Å². The third-order valence-electron chi connectivity index (χ3n) is 2.68. The maximum absolute atomic E-state index is 6.19. The van der Waals surface area contributed by atoms with E-state index in [2.05, 4.69) is 20.8 Å². The Kier molecular flexibility index (Phi) is 5.28. The average Bonchev–Trinajstić information content (AvgIpc) is 2.92. The van der Waals surface area contributed by atoms with E-state index in [0.29, 0.717) is 35.4 Å². The third-order valence-corrected chi connectivity index (χ3v) is 3.00. The van der Waals surface area contributed by atoms with Gasteiger partial charge in [0.2, 0.25) is 0 Å². The van der Waals surface area contributed by atoms with Gasteiger partial charge in [0.1, 0.15) is 5.75 Å². The van der Waals surface area contributed by atoms with Gasteiger partial charge in [-0.25, -0.2) is 0 Å². The first-order valence-electron chi connectivity index (χ1n) is 6.07. The molecule has 0 saturated carbocycles. The molecular weight excluding hydrogens is 282 g/mol. The number of methoxy groups -OCH3 is 2. The molecule has 0 unspecified atom stereocenters. The van der Waals surface area contributed by atoms with Gasteiger partial charge < -0.3 is 14.8 Å². The van der Waals surface area contributed by atoms with Gasteiger partial charge in [0.25, 0.3) is 0 Å². The molecule has 1 aromatic heterocycles. The highest BCUT2D eigenvalue weighted by Gasteiger charge is 2.12. The van der Waals surface area contributed by atoms with Crippen LogP contribution in [-0.2, 0) is 11.3 Å². The van der Waals surface area contributed by atoms with Gasteiger partial charge in [-0.15, -0.1) is 5.10 Å². The van der Waals surface area contributed by atoms with Crippen LogP contribution in [-0.4, -0.2) is 47.6 Å². The number of ether oxygens (including phenoxy) is 2. The number of hydrogen-bond donors (Lipinski definition) is 1. The Morgan fingerprint density at radius 3 is 2.95 bits per heavy atom. The molecule has 0 aliphatic heterocycles. The maximum atomic E-state index is 6.19. The van der Waals surface area contributed by atoms with Crippen LogP contribution in [0.3, 0.4) is 0 Å². The molecule has 1 heterocycles. The summed E-state index contributed by atoms with van der Waals surface area (Å²) in [5.41, 5.74) is 0.680. The zero-order valence-electron chi connectivity index (χ0n) is 11.3. The lowest BCUT2D eigenvalue weighted by Crippen LogP contribution is -2.21. The fraction of sp³-hybridized carbons (Fsp3) is 0.417. The van der Waals surface area contributed by atoms with Crippen molar-refractivity contribution in [2.75, 3.05) is 27.4 Å². The van der Waals surface area contributed by atoms with E-state index in [1.807, 2.05) is 0 Å². The molecule has 2 aromatic rings. The van der Waals surface area contributed by atoms with Gasteiger partial charge in [-0.3, -0.25) is 0 Å². The van der Waals surface area contributed by atoms with Crippen LogP contribution in [0.25, 0.3) is 5.69 Å². The Bertz CT molecular complexity index is 561. The summed E-state index contributed by atoms with van der Waals surface area (Å²) in [5.74, 6) is 1.36. The zero-order valence-corrected chi connectivity index (χ0v) is 12.1. The Balaban J connectivity index is 2.18. The maximum Gasteiger partial charge on any atom is 0.170 e. The molecule has 1 aromatic carbocycles. The van der Waals surface area contributed by atoms with E-state index in [-0.39, 0.29) is 0 Å². The molecule has 7 nitrogen and oxygen atoms in total. The van der Waals surface area contributed by atoms with Crippen LogP contribution in [0.15, 0.2) is 18.2 Å². The number of nitrogens with one attached hydrogen (secondary N) is 1. The summed E-state index contributed by atoms with van der Waals surface area (Å²) in [6, 6.07) is 5.32. The third kappa shape index (κ3) is 3.44. The fourth-order valence-corrected chi connectivity index (χ4v) is 1.86. The highest BCUT2D eigenvalue weighted by atomic mass is 35.5. The lowest BCUT2D eigenvalue weighted by molar-refractivity contribution is 0.199. The number of aromatic nitrogens is 4. The molecule has 0 radical (unpaired) electrons. The molecule has 0 amide bonds. The molecule has 1 N–H and O–H groups in total. The summed E-state index contributed by atoms with van der Waals surface area (Å²) >= 11 is 6.19. The second-order valence-corrected chi connectivity index (χ2v) is 4.40. The molecular formula is C12H16ClN5O2. The summed E-state index contributed by atoms with van der Waals surface area (Å²) in [4.78, 5) is 0. The minimum atomic E-state index is 0.518. The molecule has 0 saturated heterocycles. The molecule has 0 aliphatic rings. The smallest absolute Gasteiger partial charge is 0.170 e. The van der Waals surface area contributed by atoms with Crippen molar-refractivity contribution >= 4 is 11.6 Å². The van der Waals surface area contributed by atoms with Crippen LogP contribution in [0, 0.1) is 0 Å². The van der Waals surface area contributed by atoms with Crippen LogP contribution in [0.2, 0.25) is 5.02 Å². The van der Waals surface area contributed by atoms with E-state index in [9.17, 15) is 0 Å². The molecule has 20 heavy (non-hydrogen) atoms. The number of benzene rings is 1. The summed E-state index contributed by atoms with van der Waals surface area (Å²) in [6.07, 6.45) is 0. The average molecular weight is 298 g/mol. The number of rotatable bonds is 7. The van der Waals surface area contributed by atoms with Crippen LogP contribution in [0.1, 0.15) is 5.82 Å². The van der Waals surface area contributed by atoms with E-state index >= 15 is 0 Å². The van der Waals surface area contributed by atoms with Gasteiger partial charge in [-0.1, -0.05) is 11.6 Å². The number of halogens is 1. The molecule has 0 fully saturated rings. The second kappa shape index (κ2) is 7.18. The van der Waals surface area contributed by atoms with Crippen LogP contribution < -0.4 is 10.1 Å². The van der Waals surface area contributed by atoms with Crippen molar-refractivity contribution in [1.82, 2.24) is 25.5 Å². The van der Waals surface area contributed by atoms with E-state index in [1.54, 1.807) is 37.1 Å². The highest BCUT2D eigenvalue weighted by Crippen LogP contribution is 2.25. The van der Waals surface area contributed by atoms with Gasteiger partial charge in [-0.2, -0.15) is 4.68 Å². The molecule has 108 valence electrons. The van der Waals surface area contributed by atoms with Crippen molar-refractivity contribution in [1.29, 1.82) is 0 Å². The lowest BCUT2D eigenvalue weighted by Gasteiger charge is -2.09. The Morgan fingerprint density at radius 2 is 2.20 bits per heavy atom. The minimum absolute atomic E-state index is 0.518. The predicted molar refractivity (Wildman–Crippen MR) is 74.3 cm³/mol. The second-order valence-electron chi connectivity index (χ2n) is 3.99. The summed E-state index contributed by atoms with van der Waals surface area (Å²) < 4.78 is 11.7. The molecule has 0 aliphatic carbocycles. The largest absolute Gasteiger partial charge is 0.497 e. The number of nitrogens with zero attached hydrogens (tertiary/aromatic N) is 4. The quantitative estimate of drug-likeness (QED) is 0.770. The van der Waals surface area contributed by atoms with Gasteiger partial charge in [0.15, 0.2) is 5.82 Å². The lowest BCUT2D eigenvalue weighted by atomic mass is 10.3. The van der Waals surface area contributed by atoms with Crippen LogP contribution >= 0.6 is 11.6 Å². The van der Waals surface area contributed by atoms with Gasteiger partial charge in [-0.05, 0) is 22.6 Å². The normalized spacial score (nSPS) is 10.8. The highest BCUT2D eigenvalue weighted by molar-refractivity contribution is 6.32. The topological polar surface area (TPSA) is 74.1 Å². The van der Waals surface area contributed by atoms with Crippen LogP contribution in [0.5, 0.6) is 5.75 Å². The van der Waals surface area contributed by atoms with Crippen molar-refractivity contribution in [3.63, 3.8) is 0 Å². The number of hydrogen-bond acceptors (Lipinski definition) is 6. The summed E-state index contributed by atoms with van der Waals surface area (Å²) in [7, 11) is 3.25. The van der Waals surface area contributed by atoms with Crippen molar-refractivity contribution in [3.05, 3.63) is 29.0 Å². The summed E-state index contributed by atoms with van der Waals surface area (Å²) in [6.45, 7) is 1.86. The molecule has 0 spiro atoms. The monoisotopic (exact) mass is 297 g/mol. The van der Waals surface area contributed by atoms with Crippen molar-refractivity contribution in [2.24, 2.45) is 0 Å². The van der Waals surface area contributed by atoms with Crippen molar-refractivity contribution in [2.45, 2.75) is 6.54 Å². The van der Waals surface area contributed by atoms with Crippen LogP contribution in [0.4, 0.5) is 0 Å².